The molecule has 0 atom stereocenters. The van der Waals surface area contributed by atoms with Crippen LogP contribution in [0.3, 0.4) is 0 Å². The van der Waals surface area contributed by atoms with E-state index in [1.807, 2.05) is 0 Å². The second-order valence-corrected chi connectivity index (χ2v) is 2.74. The Morgan fingerprint density at radius 1 is 1.27 bits per heavy atom. The standard InChI is InChI=1S/C10H7F3O2/c11-10(12,13)8-4-2-1-3-7(8)5-6-9(14)15/h1-6H,(H,14,15)/p-1/b6-5+. The maximum absolute atomic E-state index is 12.4. The highest BCUT2D eigenvalue weighted by Gasteiger charge is 2.32. The Morgan fingerprint density at radius 3 is 2.40 bits per heavy atom. The van der Waals surface area contributed by atoms with Gasteiger partial charge in [-0.1, -0.05) is 24.3 Å². The molecule has 80 valence electrons. The Morgan fingerprint density at radius 2 is 1.87 bits per heavy atom. The molecule has 0 aliphatic rings. The Balaban J connectivity index is 3.13. The summed E-state index contributed by atoms with van der Waals surface area (Å²) < 4.78 is 37.1. The van der Waals surface area contributed by atoms with Crippen LogP contribution in [0.1, 0.15) is 11.1 Å². The van der Waals surface area contributed by atoms with Crippen molar-refractivity contribution in [3.8, 4) is 0 Å². The summed E-state index contributed by atoms with van der Waals surface area (Å²) in [5.41, 5.74) is -1.07. The molecule has 0 unspecified atom stereocenters. The minimum absolute atomic E-state index is 0.200. The highest BCUT2D eigenvalue weighted by Crippen LogP contribution is 2.32. The van der Waals surface area contributed by atoms with Crippen LogP contribution in [0.5, 0.6) is 0 Å². The van der Waals surface area contributed by atoms with Crippen LogP contribution in [0.25, 0.3) is 6.08 Å². The molecular formula is C10H6F3O2-. The number of carboxylic acid groups (broad SMARTS) is 1. The monoisotopic (exact) mass is 215 g/mol. The number of carbonyl (C=O) groups excluding carboxylic acids is 1. The van der Waals surface area contributed by atoms with Gasteiger partial charge >= 0.3 is 6.18 Å². The smallest absolute Gasteiger partial charge is 0.416 e. The number of rotatable bonds is 2. The van der Waals surface area contributed by atoms with E-state index in [1.54, 1.807) is 0 Å². The first-order chi connectivity index (χ1) is 6.91. The van der Waals surface area contributed by atoms with Crippen LogP contribution in [-0.2, 0) is 11.0 Å². The molecule has 0 N–H and O–H groups in total. The minimum Gasteiger partial charge on any atom is -0.545 e. The number of hydrogen-bond acceptors (Lipinski definition) is 2. The zero-order valence-corrected chi connectivity index (χ0v) is 7.41. The summed E-state index contributed by atoms with van der Waals surface area (Å²) in [6, 6.07) is 4.70. The molecule has 0 aliphatic carbocycles. The van der Waals surface area contributed by atoms with Crippen LogP contribution in [0.2, 0.25) is 0 Å². The number of hydrogen-bond donors (Lipinski definition) is 0. The van der Waals surface area contributed by atoms with Gasteiger partial charge in [-0.15, -0.1) is 0 Å². The van der Waals surface area contributed by atoms with Gasteiger partial charge in [0.25, 0.3) is 0 Å². The van der Waals surface area contributed by atoms with Crippen molar-refractivity contribution in [1.82, 2.24) is 0 Å². The summed E-state index contributed by atoms with van der Waals surface area (Å²) in [5.74, 6) is -1.54. The Kier molecular flexibility index (Phi) is 3.14. The zero-order valence-electron chi connectivity index (χ0n) is 7.41. The van der Waals surface area contributed by atoms with Crippen molar-refractivity contribution in [3.05, 3.63) is 41.5 Å². The van der Waals surface area contributed by atoms with Crippen LogP contribution in [0, 0.1) is 0 Å². The molecule has 0 fully saturated rings. The fourth-order valence-corrected chi connectivity index (χ4v) is 1.06. The number of carbonyl (C=O) groups is 1. The van der Waals surface area contributed by atoms with Crippen molar-refractivity contribution in [1.29, 1.82) is 0 Å². The summed E-state index contributed by atoms with van der Waals surface area (Å²) in [5, 5.41) is 10.1. The van der Waals surface area contributed by atoms with Crippen LogP contribution < -0.4 is 5.11 Å². The van der Waals surface area contributed by atoms with E-state index in [-0.39, 0.29) is 5.56 Å². The molecule has 0 aliphatic heterocycles. The maximum Gasteiger partial charge on any atom is 0.416 e. The Labute approximate surface area is 83.7 Å². The fraction of sp³-hybridized carbons (Fsp3) is 0.100. The molecule has 0 radical (unpaired) electrons. The van der Waals surface area contributed by atoms with E-state index in [1.165, 1.54) is 18.2 Å². The first-order valence-corrected chi connectivity index (χ1v) is 3.96. The third-order valence-corrected chi connectivity index (χ3v) is 1.67. The van der Waals surface area contributed by atoms with Gasteiger partial charge in [0.05, 0.1) is 11.5 Å². The third-order valence-electron chi connectivity index (χ3n) is 1.67. The lowest BCUT2D eigenvalue weighted by molar-refractivity contribution is -0.297. The number of aliphatic carboxylic acids is 1. The van der Waals surface area contributed by atoms with E-state index in [9.17, 15) is 23.1 Å². The van der Waals surface area contributed by atoms with Crippen LogP contribution in [-0.4, -0.2) is 5.97 Å². The molecular weight excluding hydrogens is 209 g/mol. The minimum atomic E-state index is -4.49. The number of alkyl halides is 3. The Hall–Kier alpha value is -1.78. The summed E-state index contributed by atoms with van der Waals surface area (Å²) in [7, 11) is 0. The third kappa shape index (κ3) is 3.12. The number of benzene rings is 1. The average Bonchev–Trinajstić information content (AvgIpc) is 2.13. The van der Waals surface area contributed by atoms with Crippen molar-refractivity contribution in [2.24, 2.45) is 0 Å². The zero-order chi connectivity index (χ0) is 11.5. The molecule has 0 amide bonds. The fourth-order valence-electron chi connectivity index (χ4n) is 1.06. The first kappa shape index (κ1) is 11.3. The molecule has 1 aromatic carbocycles. The van der Waals surface area contributed by atoms with E-state index in [0.29, 0.717) is 6.08 Å². The largest absolute Gasteiger partial charge is 0.545 e. The van der Waals surface area contributed by atoms with Crippen LogP contribution >= 0.6 is 0 Å². The van der Waals surface area contributed by atoms with Gasteiger partial charge in [0.2, 0.25) is 0 Å². The van der Waals surface area contributed by atoms with Gasteiger partial charge in [-0.05, 0) is 17.7 Å². The maximum atomic E-state index is 12.4. The number of halogens is 3. The molecule has 1 rings (SSSR count). The van der Waals surface area contributed by atoms with E-state index >= 15 is 0 Å². The van der Waals surface area contributed by atoms with Crippen LogP contribution in [0.15, 0.2) is 30.3 Å². The predicted molar refractivity (Wildman–Crippen MR) is 45.5 cm³/mol. The first-order valence-electron chi connectivity index (χ1n) is 3.96. The molecule has 0 bridgehead atoms. The molecule has 5 heteroatoms. The van der Waals surface area contributed by atoms with Gasteiger partial charge in [-0.3, -0.25) is 0 Å². The van der Waals surface area contributed by atoms with Gasteiger partial charge in [-0.25, -0.2) is 0 Å². The highest BCUT2D eigenvalue weighted by atomic mass is 19.4. The average molecular weight is 215 g/mol. The van der Waals surface area contributed by atoms with Gasteiger partial charge in [0.1, 0.15) is 0 Å². The SMILES string of the molecule is O=C([O-])/C=C/c1ccccc1C(F)(F)F. The topological polar surface area (TPSA) is 40.1 Å². The van der Waals surface area contributed by atoms with Gasteiger partial charge in [0, 0.05) is 0 Å². The van der Waals surface area contributed by atoms with Crippen molar-refractivity contribution >= 4 is 12.0 Å². The normalized spacial score (nSPS) is 11.9. The summed E-state index contributed by atoms with van der Waals surface area (Å²) in [6.45, 7) is 0. The van der Waals surface area contributed by atoms with E-state index in [4.69, 9.17) is 0 Å². The molecule has 0 aromatic heterocycles. The molecule has 0 saturated heterocycles. The Bertz CT molecular complexity index is 394. The summed E-state index contributed by atoms with van der Waals surface area (Å²) in [4.78, 5) is 10.1. The van der Waals surface area contributed by atoms with Crippen molar-refractivity contribution in [2.45, 2.75) is 6.18 Å². The summed E-state index contributed by atoms with van der Waals surface area (Å²) in [6.07, 6.45) is -3.07. The van der Waals surface area contributed by atoms with E-state index in [0.717, 1.165) is 12.1 Å². The molecule has 0 saturated carbocycles. The van der Waals surface area contributed by atoms with E-state index < -0.39 is 17.7 Å². The second-order valence-electron chi connectivity index (χ2n) is 2.74. The summed E-state index contributed by atoms with van der Waals surface area (Å²) >= 11 is 0. The molecule has 0 heterocycles. The molecule has 2 nitrogen and oxygen atoms in total. The van der Waals surface area contributed by atoms with Crippen molar-refractivity contribution in [2.75, 3.05) is 0 Å². The van der Waals surface area contributed by atoms with E-state index in [2.05, 4.69) is 0 Å². The van der Waals surface area contributed by atoms with Gasteiger partial charge in [-0.2, -0.15) is 13.2 Å². The lowest BCUT2D eigenvalue weighted by atomic mass is 10.1. The molecule has 15 heavy (non-hydrogen) atoms. The van der Waals surface area contributed by atoms with Crippen molar-refractivity contribution in [3.63, 3.8) is 0 Å². The van der Waals surface area contributed by atoms with Gasteiger partial charge in [0.15, 0.2) is 0 Å². The lowest BCUT2D eigenvalue weighted by Gasteiger charge is -2.09. The highest BCUT2D eigenvalue weighted by molar-refractivity contribution is 5.83. The van der Waals surface area contributed by atoms with Crippen molar-refractivity contribution < 1.29 is 23.1 Å². The second kappa shape index (κ2) is 4.16. The quantitative estimate of drug-likeness (QED) is 0.701. The molecule has 1 aromatic rings. The predicted octanol–water partition coefficient (Wildman–Crippen LogP) is 1.47. The van der Waals surface area contributed by atoms with Gasteiger partial charge < -0.3 is 9.90 Å². The molecule has 0 spiro atoms. The lowest BCUT2D eigenvalue weighted by Crippen LogP contribution is -2.18. The van der Waals surface area contributed by atoms with Crippen LogP contribution in [0.4, 0.5) is 13.2 Å². The number of carboxylic acids is 1.